The average Bonchev–Trinajstić information content (AvgIpc) is 2.35. The molecule has 18 heavy (non-hydrogen) atoms. The first-order chi connectivity index (χ1) is 8.69. The van der Waals surface area contributed by atoms with E-state index in [0.29, 0.717) is 5.92 Å². The molecule has 100 valence electrons. The SMILES string of the molecule is CCCNc1cncc(N(C)CC2CC(O)C2)n1. The Labute approximate surface area is 108 Å². The van der Waals surface area contributed by atoms with E-state index in [-0.39, 0.29) is 6.10 Å². The summed E-state index contributed by atoms with van der Waals surface area (Å²) in [5, 5.41) is 12.5. The lowest BCUT2D eigenvalue weighted by atomic mass is 9.82. The van der Waals surface area contributed by atoms with Gasteiger partial charge in [-0.2, -0.15) is 0 Å². The highest BCUT2D eigenvalue weighted by Gasteiger charge is 2.28. The van der Waals surface area contributed by atoms with Gasteiger partial charge in [-0.05, 0) is 25.2 Å². The Hall–Kier alpha value is -1.36. The van der Waals surface area contributed by atoms with Crippen LogP contribution in [0.2, 0.25) is 0 Å². The van der Waals surface area contributed by atoms with Gasteiger partial charge in [0.25, 0.3) is 0 Å². The van der Waals surface area contributed by atoms with Gasteiger partial charge in [0.15, 0.2) is 0 Å². The molecule has 0 atom stereocenters. The number of rotatable bonds is 6. The highest BCUT2D eigenvalue weighted by atomic mass is 16.3. The van der Waals surface area contributed by atoms with Gasteiger partial charge < -0.3 is 15.3 Å². The van der Waals surface area contributed by atoms with Crippen LogP contribution in [0.15, 0.2) is 12.4 Å². The highest BCUT2D eigenvalue weighted by Crippen LogP contribution is 2.28. The van der Waals surface area contributed by atoms with E-state index in [0.717, 1.165) is 44.0 Å². The van der Waals surface area contributed by atoms with Crippen molar-refractivity contribution in [3.05, 3.63) is 12.4 Å². The van der Waals surface area contributed by atoms with Crippen LogP contribution in [-0.2, 0) is 0 Å². The minimum atomic E-state index is -0.0907. The van der Waals surface area contributed by atoms with Crippen LogP contribution in [0.5, 0.6) is 0 Å². The lowest BCUT2D eigenvalue weighted by molar-refractivity contribution is 0.0464. The minimum absolute atomic E-state index is 0.0907. The molecule has 1 aliphatic rings. The predicted molar refractivity (Wildman–Crippen MR) is 72.8 cm³/mol. The zero-order chi connectivity index (χ0) is 13.0. The molecule has 0 aliphatic heterocycles. The Kier molecular flexibility index (Phi) is 4.36. The standard InChI is InChI=1S/C13H22N4O/c1-3-4-15-12-7-14-8-13(16-12)17(2)9-10-5-11(18)6-10/h7-8,10-11,18H,3-6,9H2,1-2H3,(H,15,16). The molecule has 1 aromatic heterocycles. The van der Waals surface area contributed by atoms with Gasteiger partial charge in [-0.15, -0.1) is 0 Å². The maximum absolute atomic E-state index is 9.29. The summed E-state index contributed by atoms with van der Waals surface area (Å²) in [5.41, 5.74) is 0. The molecule has 0 unspecified atom stereocenters. The van der Waals surface area contributed by atoms with Gasteiger partial charge in [0.2, 0.25) is 0 Å². The fourth-order valence-electron chi connectivity index (χ4n) is 2.21. The van der Waals surface area contributed by atoms with Crippen LogP contribution >= 0.6 is 0 Å². The number of aliphatic hydroxyl groups excluding tert-OH is 1. The molecule has 0 radical (unpaired) electrons. The van der Waals surface area contributed by atoms with Crippen molar-refractivity contribution >= 4 is 11.6 Å². The number of aliphatic hydroxyl groups is 1. The third-order valence-corrected chi connectivity index (χ3v) is 3.31. The molecule has 1 fully saturated rings. The largest absolute Gasteiger partial charge is 0.393 e. The molecule has 0 spiro atoms. The number of nitrogens with zero attached hydrogens (tertiary/aromatic N) is 3. The van der Waals surface area contributed by atoms with Gasteiger partial charge in [0.1, 0.15) is 11.6 Å². The molecule has 0 bridgehead atoms. The lowest BCUT2D eigenvalue weighted by Crippen LogP contribution is -2.37. The van der Waals surface area contributed by atoms with E-state index in [1.54, 1.807) is 12.4 Å². The minimum Gasteiger partial charge on any atom is -0.393 e. The molecule has 1 heterocycles. The first-order valence-electron chi connectivity index (χ1n) is 6.64. The van der Waals surface area contributed by atoms with Crippen molar-refractivity contribution in [2.24, 2.45) is 5.92 Å². The third-order valence-electron chi connectivity index (χ3n) is 3.31. The summed E-state index contributed by atoms with van der Waals surface area (Å²) in [5.74, 6) is 2.30. The molecule has 5 nitrogen and oxygen atoms in total. The van der Waals surface area contributed by atoms with Crippen molar-refractivity contribution in [1.82, 2.24) is 9.97 Å². The van der Waals surface area contributed by atoms with Crippen LogP contribution in [0.3, 0.4) is 0 Å². The summed E-state index contributed by atoms with van der Waals surface area (Å²) < 4.78 is 0. The van der Waals surface area contributed by atoms with E-state index < -0.39 is 0 Å². The van der Waals surface area contributed by atoms with Gasteiger partial charge >= 0.3 is 0 Å². The second kappa shape index (κ2) is 6.00. The van der Waals surface area contributed by atoms with Crippen molar-refractivity contribution in [1.29, 1.82) is 0 Å². The first-order valence-corrected chi connectivity index (χ1v) is 6.64. The monoisotopic (exact) mass is 250 g/mol. The molecule has 0 saturated heterocycles. The van der Waals surface area contributed by atoms with Gasteiger partial charge in [0, 0.05) is 20.1 Å². The first kappa shape index (κ1) is 13.1. The van der Waals surface area contributed by atoms with Gasteiger partial charge in [-0.25, -0.2) is 4.98 Å². The molecule has 1 aromatic rings. The van der Waals surface area contributed by atoms with Crippen molar-refractivity contribution in [2.45, 2.75) is 32.3 Å². The summed E-state index contributed by atoms with van der Waals surface area (Å²) in [6, 6.07) is 0. The quantitative estimate of drug-likeness (QED) is 0.801. The smallest absolute Gasteiger partial charge is 0.149 e. The summed E-state index contributed by atoms with van der Waals surface area (Å²) in [4.78, 5) is 10.9. The van der Waals surface area contributed by atoms with Gasteiger partial charge in [0.05, 0.1) is 18.5 Å². The Morgan fingerprint density at radius 1 is 1.44 bits per heavy atom. The van der Waals surface area contributed by atoms with E-state index in [2.05, 4.69) is 27.1 Å². The van der Waals surface area contributed by atoms with Gasteiger partial charge in [-0.1, -0.05) is 6.92 Å². The number of hydrogen-bond acceptors (Lipinski definition) is 5. The van der Waals surface area contributed by atoms with Crippen LogP contribution in [0.25, 0.3) is 0 Å². The van der Waals surface area contributed by atoms with Crippen LogP contribution in [-0.4, -0.2) is 41.3 Å². The molecule has 2 rings (SSSR count). The summed E-state index contributed by atoms with van der Waals surface area (Å²) in [6.45, 7) is 3.97. The third kappa shape index (κ3) is 3.32. The van der Waals surface area contributed by atoms with E-state index >= 15 is 0 Å². The molecule has 2 N–H and O–H groups in total. The number of hydrogen-bond donors (Lipinski definition) is 2. The Balaban J connectivity index is 1.90. The maximum atomic E-state index is 9.29. The van der Waals surface area contributed by atoms with E-state index in [9.17, 15) is 5.11 Å². The normalized spacial score (nSPS) is 22.4. The second-order valence-corrected chi connectivity index (χ2v) is 5.06. The molecular formula is C13H22N4O. The van der Waals surface area contributed by atoms with Crippen molar-refractivity contribution < 1.29 is 5.11 Å². The number of aromatic nitrogens is 2. The molecular weight excluding hydrogens is 228 g/mol. The zero-order valence-electron chi connectivity index (χ0n) is 11.1. The number of nitrogens with one attached hydrogen (secondary N) is 1. The fraction of sp³-hybridized carbons (Fsp3) is 0.692. The van der Waals surface area contributed by atoms with E-state index in [4.69, 9.17) is 0 Å². The Morgan fingerprint density at radius 3 is 2.89 bits per heavy atom. The van der Waals surface area contributed by atoms with Crippen molar-refractivity contribution in [2.75, 3.05) is 30.4 Å². The Morgan fingerprint density at radius 2 is 2.22 bits per heavy atom. The van der Waals surface area contributed by atoms with Crippen molar-refractivity contribution in [3.63, 3.8) is 0 Å². The summed E-state index contributed by atoms with van der Waals surface area (Å²) in [7, 11) is 2.03. The average molecular weight is 250 g/mol. The maximum Gasteiger partial charge on any atom is 0.149 e. The fourth-order valence-corrected chi connectivity index (χ4v) is 2.21. The lowest BCUT2D eigenvalue weighted by Gasteiger charge is -2.34. The summed E-state index contributed by atoms with van der Waals surface area (Å²) in [6.07, 6.45) is 6.33. The van der Waals surface area contributed by atoms with Crippen LogP contribution in [0.4, 0.5) is 11.6 Å². The van der Waals surface area contributed by atoms with Crippen LogP contribution in [0, 0.1) is 5.92 Å². The highest BCUT2D eigenvalue weighted by molar-refractivity contribution is 5.43. The van der Waals surface area contributed by atoms with Gasteiger partial charge in [-0.3, -0.25) is 4.98 Å². The topological polar surface area (TPSA) is 61.3 Å². The van der Waals surface area contributed by atoms with Crippen molar-refractivity contribution in [3.8, 4) is 0 Å². The van der Waals surface area contributed by atoms with E-state index in [1.165, 1.54) is 0 Å². The van der Waals surface area contributed by atoms with Crippen LogP contribution < -0.4 is 10.2 Å². The van der Waals surface area contributed by atoms with Crippen LogP contribution in [0.1, 0.15) is 26.2 Å². The Bertz CT molecular complexity index is 379. The predicted octanol–water partition coefficient (Wildman–Crippen LogP) is 1.51. The molecule has 1 saturated carbocycles. The van der Waals surface area contributed by atoms with E-state index in [1.807, 2.05) is 7.05 Å². The molecule has 0 amide bonds. The second-order valence-electron chi connectivity index (χ2n) is 5.06. The number of anilines is 2. The molecule has 1 aliphatic carbocycles. The summed E-state index contributed by atoms with van der Waals surface area (Å²) >= 11 is 0. The molecule has 5 heteroatoms. The molecule has 0 aromatic carbocycles. The zero-order valence-corrected chi connectivity index (χ0v) is 11.1.